The summed E-state index contributed by atoms with van der Waals surface area (Å²) >= 11 is 0. The second-order valence-electron chi connectivity index (χ2n) is 8.06. The number of guanidine groups is 1. The molecular weight excluding hydrogens is 354 g/mol. The number of aromatic nitrogens is 3. The van der Waals surface area contributed by atoms with Crippen molar-refractivity contribution in [1.29, 1.82) is 0 Å². The first-order chi connectivity index (χ1) is 13.5. The number of aryl methyl sites for hydroxylation is 1. The number of aliphatic imine (C=N–C) groups is 1. The van der Waals surface area contributed by atoms with Crippen molar-refractivity contribution in [3.05, 3.63) is 23.8 Å². The number of rotatable bonds is 7. The van der Waals surface area contributed by atoms with Crippen LogP contribution in [0.5, 0.6) is 0 Å². The molecule has 2 N–H and O–H groups in total. The van der Waals surface area contributed by atoms with Gasteiger partial charge in [-0.2, -0.15) is 0 Å². The van der Waals surface area contributed by atoms with E-state index in [0.717, 1.165) is 76.1 Å². The molecule has 3 rings (SSSR count). The van der Waals surface area contributed by atoms with Crippen molar-refractivity contribution in [2.45, 2.75) is 58.2 Å². The maximum absolute atomic E-state index is 5.74. The summed E-state index contributed by atoms with van der Waals surface area (Å²) in [5.74, 6) is 2.61. The van der Waals surface area contributed by atoms with Crippen molar-refractivity contribution in [1.82, 2.24) is 30.3 Å². The minimum absolute atomic E-state index is 0.279. The third-order valence-electron chi connectivity index (χ3n) is 5.50. The van der Waals surface area contributed by atoms with Gasteiger partial charge in [-0.25, -0.2) is 4.99 Å². The molecular formula is C20H35N7O. The molecule has 0 aliphatic carbocycles. The first-order valence-electron chi connectivity index (χ1n) is 10.4. The first-order valence-corrected chi connectivity index (χ1v) is 10.4. The number of hydrogen-bond acceptors (Lipinski definition) is 5. The van der Waals surface area contributed by atoms with E-state index in [-0.39, 0.29) is 6.10 Å². The lowest BCUT2D eigenvalue weighted by Crippen LogP contribution is -2.50. The van der Waals surface area contributed by atoms with Gasteiger partial charge in [-0.05, 0) is 39.5 Å². The number of likely N-dealkylation sites (tertiary alicyclic amines) is 1. The quantitative estimate of drug-likeness (QED) is 0.417. The molecule has 2 aliphatic rings. The Bertz CT molecular complexity index is 670. The van der Waals surface area contributed by atoms with E-state index in [9.17, 15) is 0 Å². The van der Waals surface area contributed by atoms with Crippen molar-refractivity contribution in [2.24, 2.45) is 12.0 Å². The summed E-state index contributed by atoms with van der Waals surface area (Å²) in [7, 11) is 1.98. The Hall–Kier alpha value is -1.93. The Kier molecular flexibility index (Phi) is 7.44. The van der Waals surface area contributed by atoms with Crippen LogP contribution in [0.2, 0.25) is 0 Å². The number of ether oxygens (including phenoxy) is 1. The van der Waals surface area contributed by atoms with Gasteiger partial charge in [0, 0.05) is 45.9 Å². The lowest BCUT2D eigenvalue weighted by Gasteiger charge is -2.33. The molecule has 0 bridgehead atoms. The highest BCUT2D eigenvalue weighted by molar-refractivity contribution is 5.80. The number of nitrogens with one attached hydrogen (secondary N) is 2. The van der Waals surface area contributed by atoms with Gasteiger partial charge in [0.25, 0.3) is 0 Å². The van der Waals surface area contributed by atoms with E-state index in [1.165, 1.54) is 5.57 Å². The average molecular weight is 390 g/mol. The van der Waals surface area contributed by atoms with Gasteiger partial charge in [-0.3, -0.25) is 4.90 Å². The van der Waals surface area contributed by atoms with Crippen molar-refractivity contribution >= 4 is 5.96 Å². The highest BCUT2D eigenvalue weighted by atomic mass is 16.5. The van der Waals surface area contributed by atoms with Crippen LogP contribution in [-0.2, 0) is 18.3 Å². The Labute approximate surface area is 168 Å². The summed E-state index contributed by atoms with van der Waals surface area (Å²) in [4.78, 5) is 7.25. The standard InChI is InChI=1S/C20H35N7O/c1-15(2)14-27-9-7-17(8-10-27)23-20(21-12-18-6-5-11-28-18)22-13-19-25-24-16(3)26(19)4/h17-18H,1,5-14H2,2-4H3,(H2,21,22,23). The molecule has 2 aliphatic heterocycles. The van der Waals surface area contributed by atoms with Gasteiger partial charge in [-0.1, -0.05) is 12.2 Å². The van der Waals surface area contributed by atoms with Gasteiger partial charge in [0.2, 0.25) is 0 Å². The van der Waals surface area contributed by atoms with E-state index in [2.05, 4.69) is 39.2 Å². The van der Waals surface area contributed by atoms with Gasteiger partial charge < -0.3 is 19.9 Å². The number of nitrogens with zero attached hydrogens (tertiary/aromatic N) is 5. The summed E-state index contributed by atoms with van der Waals surface area (Å²) < 4.78 is 7.73. The summed E-state index contributed by atoms with van der Waals surface area (Å²) in [6.07, 6.45) is 4.75. The van der Waals surface area contributed by atoms with E-state index in [1.807, 2.05) is 18.5 Å². The molecule has 0 saturated carbocycles. The molecule has 0 aromatic carbocycles. The highest BCUT2D eigenvalue weighted by Crippen LogP contribution is 2.13. The fourth-order valence-electron chi connectivity index (χ4n) is 3.72. The predicted octanol–water partition coefficient (Wildman–Crippen LogP) is 1.38. The van der Waals surface area contributed by atoms with Crippen molar-refractivity contribution in [2.75, 3.05) is 32.8 Å². The molecule has 1 unspecified atom stereocenters. The maximum Gasteiger partial charge on any atom is 0.192 e. The monoisotopic (exact) mass is 389 g/mol. The summed E-state index contributed by atoms with van der Waals surface area (Å²) in [5, 5.41) is 15.4. The fourth-order valence-corrected chi connectivity index (χ4v) is 3.72. The van der Waals surface area contributed by atoms with Crippen molar-refractivity contribution in [3.8, 4) is 0 Å². The van der Waals surface area contributed by atoms with E-state index >= 15 is 0 Å². The summed E-state index contributed by atoms with van der Waals surface area (Å²) in [5.41, 5.74) is 1.23. The molecule has 8 nitrogen and oxygen atoms in total. The largest absolute Gasteiger partial charge is 0.376 e. The van der Waals surface area contributed by atoms with Gasteiger partial charge in [-0.15, -0.1) is 10.2 Å². The molecule has 8 heteroatoms. The lowest BCUT2D eigenvalue weighted by atomic mass is 10.0. The molecule has 156 valence electrons. The van der Waals surface area contributed by atoms with Gasteiger partial charge in [0.15, 0.2) is 11.8 Å². The normalized spacial score (nSPS) is 21.8. The zero-order chi connectivity index (χ0) is 19.9. The zero-order valence-corrected chi connectivity index (χ0v) is 17.6. The average Bonchev–Trinajstić information content (AvgIpc) is 3.30. The van der Waals surface area contributed by atoms with Gasteiger partial charge in [0.05, 0.1) is 6.10 Å². The highest BCUT2D eigenvalue weighted by Gasteiger charge is 2.21. The van der Waals surface area contributed by atoms with E-state index in [0.29, 0.717) is 12.6 Å². The van der Waals surface area contributed by atoms with Crippen LogP contribution in [0.25, 0.3) is 0 Å². The van der Waals surface area contributed by atoms with Crippen LogP contribution in [0.4, 0.5) is 0 Å². The van der Waals surface area contributed by atoms with E-state index < -0.39 is 0 Å². The first kappa shape index (κ1) is 20.8. The Morgan fingerprint density at radius 1 is 1.29 bits per heavy atom. The number of piperidine rings is 1. The van der Waals surface area contributed by atoms with Crippen LogP contribution < -0.4 is 10.6 Å². The van der Waals surface area contributed by atoms with Crippen LogP contribution in [0.15, 0.2) is 17.1 Å². The third-order valence-corrected chi connectivity index (χ3v) is 5.50. The van der Waals surface area contributed by atoms with Crippen LogP contribution in [0, 0.1) is 6.92 Å². The molecule has 0 amide bonds. The van der Waals surface area contributed by atoms with Crippen molar-refractivity contribution < 1.29 is 4.74 Å². The van der Waals surface area contributed by atoms with E-state index in [4.69, 9.17) is 9.73 Å². The smallest absolute Gasteiger partial charge is 0.192 e. The second kappa shape index (κ2) is 10.0. The van der Waals surface area contributed by atoms with Crippen LogP contribution in [-0.4, -0.2) is 70.6 Å². The zero-order valence-electron chi connectivity index (χ0n) is 17.6. The van der Waals surface area contributed by atoms with E-state index in [1.54, 1.807) is 0 Å². The minimum Gasteiger partial charge on any atom is -0.376 e. The second-order valence-corrected chi connectivity index (χ2v) is 8.06. The van der Waals surface area contributed by atoms with Gasteiger partial charge >= 0.3 is 0 Å². The van der Waals surface area contributed by atoms with Crippen LogP contribution in [0.1, 0.15) is 44.3 Å². The molecule has 1 atom stereocenters. The summed E-state index contributed by atoms with van der Waals surface area (Å²) in [6, 6.07) is 0.429. The fraction of sp³-hybridized carbons (Fsp3) is 0.750. The Balaban J connectivity index is 1.56. The molecule has 2 fully saturated rings. The van der Waals surface area contributed by atoms with Crippen LogP contribution in [0.3, 0.4) is 0 Å². The molecule has 0 spiro atoms. The van der Waals surface area contributed by atoms with Gasteiger partial charge in [0.1, 0.15) is 12.4 Å². The molecule has 2 saturated heterocycles. The Morgan fingerprint density at radius 2 is 2.07 bits per heavy atom. The third kappa shape index (κ3) is 6.04. The van der Waals surface area contributed by atoms with Crippen molar-refractivity contribution in [3.63, 3.8) is 0 Å². The molecule has 1 aromatic rings. The molecule has 28 heavy (non-hydrogen) atoms. The Morgan fingerprint density at radius 3 is 2.68 bits per heavy atom. The SMILES string of the molecule is C=C(C)CN1CCC(NC(=NCc2nnc(C)n2C)NCC2CCCO2)CC1. The van der Waals surface area contributed by atoms with Crippen LogP contribution >= 0.6 is 0 Å². The lowest BCUT2D eigenvalue weighted by molar-refractivity contribution is 0.113. The molecule has 0 radical (unpaired) electrons. The number of hydrogen-bond donors (Lipinski definition) is 2. The topological polar surface area (TPSA) is 79.6 Å². The maximum atomic E-state index is 5.74. The minimum atomic E-state index is 0.279. The summed E-state index contributed by atoms with van der Waals surface area (Å²) in [6.45, 7) is 13.4. The predicted molar refractivity (Wildman–Crippen MR) is 111 cm³/mol. The molecule has 3 heterocycles. The molecule has 1 aromatic heterocycles.